The Bertz CT molecular complexity index is 580. The molecule has 2 fully saturated rings. The fourth-order valence-corrected chi connectivity index (χ4v) is 6.02. The van der Waals surface area contributed by atoms with E-state index in [1.165, 1.54) is 7.11 Å². The summed E-state index contributed by atoms with van der Waals surface area (Å²) in [6.45, 7) is 10.6. The van der Waals surface area contributed by atoms with Gasteiger partial charge in [0.2, 0.25) is 0 Å². The highest BCUT2D eigenvalue weighted by Gasteiger charge is 2.61. The van der Waals surface area contributed by atoms with Gasteiger partial charge in [0, 0.05) is 0 Å². The zero-order chi connectivity index (χ0) is 17.8. The molecule has 3 aliphatic rings. The quantitative estimate of drug-likeness (QED) is 0.607. The van der Waals surface area contributed by atoms with Crippen LogP contribution in [0.15, 0.2) is 24.3 Å². The molecule has 24 heavy (non-hydrogen) atoms. The molecule has 0 aromatic carbocycles. The van der Waals surface area contributed by atoms with Gasteiger partial charge in [-0.25, -0.2) is 0 Å². The Labute approximate surface area is 146 Å². The lowest BCUT2D eigenvalue weighted by Gasteiger charge is -2.60. The van der Waals surface area contributed by atoms with Gasteiger partial charge in [-0.3, -0.25) is 4.79 Å². The summed E-state index contributed by atoms with van der Waals surface area (Å²) in [7, 11) is 1.44. The number of fused-ring (bicyclic) bond motifs is 3. The molecule has 0 saturated heterocycles. The highest BCUT2D eigenvalue weighted by Crippen LogP contribution is 2.63. The number of aliphatic hydroxyl groups excluding tert-OH is 1. The molecule has 0 spiro atoms. The fourth-order valence-electron chi connectivity index (χ4n) is 6.02. The number of ether oxygens (including phenoxy) is 1. The maximum absolute atomic E-state index is 12.6. The number of hydrogen-bond donors (Lipinski definition) is 1. The van der Waals surface area contributed by atoms with Crippen LogP contribution < -0.4 is 0 Å². The molecule has 3 aliphatic carbocycles. The largest absolute Gasteiger partial charge is 0.469 e. The number of esters is 1. The van der Waals surface area contributed by atoms with Crippen molar-refractivity contribution >= 4 is 5.97 Å². The number of carbonyl (C=O) groups excluding carboxylic acids is 1. The molecule has 0 aliphatic heterocycles. The van der Waals surface area contributed by atoms with Gasteiger partial charge in [-0.05, 0) is 68.1 Å². The third-order valence-corrected chi connectivity index (χ3v) is 7.76. The van der Waals surface area contributed by atoms with Crippen LogP contribution in [0.1, 0.15) is 59.3 Å². The number of carbonyl (C=O) groups is 1. The van der Waals surface area contributed by atoms with Gasteiger partial charge in [-0.2, -0.15) is 0 Å². The minimum atomic E-state index is -0.803. The zero-order valence-electron chi connectivity index (χ0n) is 15.6. The molecule has 0 amide bonds. The summed E-state index contributed by atoms with van der Waals surface area (Å²) in [6.07, 6.45) is 9.77. The van der Waals surface area contributed by atoms with Crippen LogP contribution in [-0.2, 0) is 9.53 Å². The van der Waals surface area contributed by atoms with Crippen LogP contribution >= 0.6 is 0 Å². The van der Waals surface area contributed by atoms with Crippen molar-refractivity contribution in [3.8, 4) is 0 Å². The number of aliphatic hydroxyl groups is 1. The number of rotatable bonds is 2. The van der Waals surface area contributed by atoms with E-state index >= 15 is 0 Å². The molecular formula is C21H32O3. The molecule has 0 bridgehead atoms. The molecule has 6 unspecified atom stereocenters. The van der Waals surface area contributed by atoms with E-state index in [-0.39, 0.29) is 22.7 Å². The van der Waals surface area contributed by atoms with Crippen molar-refractivity contribution in [1.29, 1.82) is 0 Å². The van der Waals surface area contributed by atoms with Crippen molar-refractivity contribution < 1.29 is 14.6 Å². The molecule has 0 aromatic heterocycles. The molecule has 2 saturated carbocycles. The molecule has 3 rings (SSSR count). The summed E-state index contributed by atoms with van der Waals surface area (Å²) in [6, 6.07) is 0. The lowest BCUT2D eigenvalue weighted by Crippen LogP contribution is -2.59. The van der Waals surface area contributed by atoms with Crippen LogP contribution in [0, 0.1) is 28.1 Å². The third-order valence-electron chi connectivity index (χ3n) is 7.76. The predicted octanol–water partition coefficient (Wildman–Crippen LogP) is 4.27. The maximum Gasteiger partial charge on any atom is 0.314 e. The van der Waals surface area contributed by atoms with Gasteiger partial charge in [-0.15, -0.1) is 6.58 Å². The van der Waals surface area contributed by atoms with Crippen LogP contribution in [0.5, 0.6) is 0 Å². The Morgan fingerprint density at radius 2 is 2.04 bits per heavy atom. The molecule has 0 aromatic rings. The molecule has 1 N–H and O–H groups in total. The first-order valence-electron chi connectivity index (χ1n) is 9.30. The van der Waals surface area contributed by atoms with E-state index in [1.54, 1.807) is 5.57 Å². The van der Waals surface area contributed by atoms with Crippen LogP contribution in [0.25, 0.3) is 0 Å². The minimum absolute atomic E-state index is 0.0642. The average molecular weight is 332 g/mol. The van der Waals surface area contributed by atoms with Crippen molar-refractivity contribution in [3.05, 3.63) is 24.3 Å². The average Bonchev–Trinajstić information content (AvgIpc) is 2.57. The first kappa shape index (κ1) is 17.7. The Morgan fingerprint density at radius 3 is 2.67 bits per heavy atom. The molecule has 0 radical (unpaired) electrons. The summed E-state index contributed by atoms with van der Waals surface area (Å²) in [5, 5.41) is 10.7. The van der Waals surface area contributed by atoms with Crippen molar-refractivity contribution in [2.45, 2.75) is 65.4 Å². The molecule has 6 atom stereocenters. The van der Waals surface area contributed by atoms with Gasteiger partial charge >= 0.3 is 5.97 Å². The molecular weight excluding hydrogens is 300 g/mol. The van der Waals surface area contributed by atoms with E-state index in [4.69, 9.17) is 4.74 Å². The second-order valence-electron chi connectivity index (χ2n) is 9.03. The van der Waals surface area contributed by atoms with Crippen LogP contribution in [0.3, 0.4) is 0 Å². The summed E-state index contributed by atoms with van der Waals surface area (Å²) in [5.41, 5.74) is 1.01. The number of methoxy groups -OCH3 is 1. The first-order chi connectivity index (χ1) is 11.2. The second-order valence-corrected chi connectivity index (χ2v) is 9.03. The minimum Gasteiger partial charge on any atom is -0.469 e. The van der Waals surface area contributed by atoms with E-state index in [0.717, 1.165) is 32.1 Å². The van der Waals surface area contributed by atoms with Gasteiger partial charge in [0.25, 0.3) is 0 Å². The normalized spacial score (nSPS) is 47.9. The lowest BCUT2D eigenvalue weighted by molar-refractivity contribution is -0.184. The monoisotopic (exact) mass is 332 g/mol. The van der Waals surface area contributed by atoms with Crippen molar-refractivity contribution in [1.82, 2.24) is 0 Å². The predicted molar refractivity (Wildman–Crippen MR) is 95.3 cm³/mol. The van der Waals surface area contributed by atoms with Crippen molar-refractivity contribution in [2.24, 2.45) is 28.1 Å². The molecule has 134 valence electrons. The topological polar surface area (TPSA) is 46.5 Å². The van der Waals surface area contributed by atoms with Gasteiger partial charge in [0.15, 0.2) is 0 Å². The number of hydrogen-bond acceptors (Lipinski definition) is 3. The highest BCUT2D eigenvalue weighted by atomic mass is 16.5. The van der Waals surface area contributed by atoms with E-state index in [2.05, 4.69) is 32.6 Å². The first-order valence-corrected chi connectivity index (χ1v) is 9.30. The van der Waals surface area contributed by atoms with Crippen molar-refractivity contribution in [2.75, 3.05) is 7.11 Å². The Balaban J connectivity index is 2.00. The molecule has 3 heteroatoms. The van der Waals surface area contributed by atoms with Gasteiger partial charge < -0.3 is 9.84 Å². The summed E-state index contributed by atoms with van der Waals surface area (Å²) >= 11 is 0. The fraction of sp³-hybridized carbons (Fsp3) is 0.762. The van der Waals surface area contributed by atoms with E-state index in [0.29, 0.717) is 12.3 Å². The zero-order valence-corrected chi connectivity index (χ0v) is 15.6. The third kappa shape index (κ3) is 2.31. The lowest BCUT2D eigenvalue weighted by atomic mass is 9.45. The molecule has 3 nitrogen and oxygen atoms in total. The maximum atomic E-state index is 12.6. The van der Waals surface area contributed by atoms with Crippen LogP contribution in [-0.4, -0.2) is 24.3 Å². The molecule has 0 heterocycles. The second kappa shape index (κ2) is 5.72. The Kier molecular flexibility index (Phi) is 4.23. The standard InChI is InChI=1S/C21H32O3/c1-6-19(2)11-9-15-14(13-19)7-8-16-20(15,3)12-10-17(22)21(16,4)18(23)24-5/h6-7,15-17,22H,1,8-13H2,2-5H3. The highest BCUT2D eigenvalue weighted by molar-refractivity contribution is 5.78. The Morgan fingerprint density at radius 1 is 1.33 bits per heavy atom. The number of allylic oxidation sites excluding steroid dienone is 3. The van der Waals surface area contributed by atoms with E-state index < -0.39 is 11.5 Å². The van der Waals surface area contributed by atoms with Crippen LogP contribution in [0.4, 0.5) is 0 Å². The Hall–Kier alpha value is -1.09. The summed E-state index contributed by atoms with van der Waals surface area (Å²) < 4.78 is 5.11. The smallest absolute Gasteiger partial charge is 0.314 e. The van der Waals surface area contributed by atoms with Gasteiger partial charge in [0.1, 0.15) is 0 Å². The van der Waals surface area contributed by atoms with Crippen LogP contribution in [0.2, 0.25) is 0 Å². The van der Waals surface area contributed by atoms with Gasteiger partial charge in [-0.1, -0.05) is 31.6 Å². The van der Waals surface area contributed by atoms with Gasteiger partial charge in [0.05, 0.1) is 18.6 Å². The SMILES string of the molecule is C=CC1(C)CCC2C(=CCC3C2(C)CCC(O)C3(C)C(=O)OC)C1. The summed E-state index contributed by atoms with van der Waals surface area (Å²) in [5.74, 6) is 0.401. The van der Waals surface area contributed by atoms with E-state index in [9.17, 15) is 9.90 Å². The van der Waals surface area contributed by atoms with Crippen molar-refractivity contribution in [3.63, 3.8) is 0 Å². The summed E-state index contributed by atoms with van der Waals surface area (Å²) in [4.78, 5) is 12.6. The van der Waals surface area contributed by atoms with E-state index in [1.807, 2.05) is 6.92 Å².